The van der Waals surface area contributed by atoms with Crippen LogP contribution in [0.1, 0.15) is 77.6 Å². The van der Waals surface area contributed by atoms with Gasteiger partial charge in [0.2, 0.25) is 5.91 Å². The number of alkyl halides is 1. The van der Waals surface area contributed by atoms with Crippen LogP contribution in [0.25, 0.3) is 0 Å². The van der Waals surface area contributed by atoms with Crippen LogP contribution in [0.15, 0.2) is 18.2 Å². The van der Waals surface area contributed by atoms with Gasteiger partial charge in [-0.3, -0.25) is 4.79 Å². The number of benzene rings is 1. The van der Waals surface area contributed by atoms with Gasteiger partial charge in [-0.2, -0.15) is 0 Å². The molecule has 0 aliphatic carbocycles. The molecule has 1 amide bonds. The van der Waals surface area contributed by atoms with Crippen molar-refractivity contribution >= 4 is 27.5 Å². The SMILES string of the molecule is CCCCCCCCCCCCC(Br)C(=O)Nc1cc(O)ccc1O. The summed E-state index contributed by atoms with van der Waals surface area (Å²) in [6.07, 6.45) is 13.5. The number of phenols is 2. The van der Waals surface area contributed by atoms with Gasteiger partial charge in [0.25, 0.3) is 0 Å². The molecule has 0 saturated carbocycles. The van der Waals surface area contributed by atoms with Crippen LogP contribution >= 0.6 is 15.9 Å². The molecule has 0 aromatic heterocycles. The number of nitrogens with one attached hydrogen (secondary N) is 1. The Balaban J connectivity index is 2.10. The molecule has 1 aromatic carbocycles. The van der Waals surface area contributed by atoms with E-state index in [1.54, 1.807) is 0 Å². The summed E-state index contributed by atoms with van der Waals surface area (Å²) in [6, 6.07) is 4.07. The fraction of sp³-hybridized carbons (Fsp3) is 0.650. The molecule has 1 aromatic rings. The topological polar surface area (TPSA) is 69.6 Å². The Hall–Kier alpha value is -1.23. The maximum Gasteiger partial charge on any atom is 0.238 e. The van der Waals surface area contributed by atoms with Crippen LogP contribution in [0.5, 0.6) is 11.5 Å². The van der Waals surface area contributed by atoms with Crippen molar-refractivity contribution in [2.75, 3.05) is 5.32 Å². The summed E-state index contributed by atoms with van der Waals surface area (Å²) in [5, 5.41) is 21.7. The van der Waals surface area contributed by atoms with Gasteiger partial charge in [-0.15, -0.1) is 0 Å². The summed E-state index contributed by atoms with van der Waals surface area (Å²) >= 11 is 3.41. The minimum atomic E-state index is -0.289. The quantitative estimate of drug-likeness (QED) is 0.158. The van der Waals surface area contributed by atoms with Crippen molar-refractivity contribution < 1.29 is 15.0 Å². The lowest BCUT2D eigenvalue weighted by Gasteiger charge is -2.12. The molecule has 1 unspecified atom stereocenters. The molecular weight excluding hydrogens is 382 g/mol. The second-order valence-electron chi connectivity index (χ2n) is 6.63. The summed E-state index contributed by atoms with van der Waals surface area (Å²) in [5.41, 5.74) is 0.234. The first-order valence-electron chi connectivity index (χ1n) is 9.51. The predicted molar refractivity (Wildman–Crippen MR) is 108 cm³/mol. The summed E-state index contributed by atoms with van der Waals surface area (Å²) in [7, 11) is 0. The van der Waals surface area contributed by atoms with E-state index in [1.165, 1.54) is 69.6 Å². The van der Waals surface area contributed by atoms with Gasteiger partial charge >= 0.3 is 0 Å². The Morgan fingerprint density at radius 2 is 1.56 bits per heavy atom. The van der Waals surface area contributed by atoms with Gasteiger partial charge in [0.15, 0.2) is 0 Å². The normalized spacial score (nSPS) is 12.1. The van der Waals surface area contributed by atoms with Gasteiger partial charge in [-0.05, 0) is 18.6 Å². The minimum absolute atomic E-state index is 0.00826. The van der Waals surface area contributed by atoms with Crippen LogP contribution in [-0.2, 0) is 4.79 Å². The maximum atomic E-state index is 12.1. The van der Waals surface area contributed by atoms with Crippen molar-refractivity contribution in [3.05, 3.63) is 18.2 Å². The smallest absolute Gasteiger partial charge is 0.238 e. The Morgan fingerprint density at radius 3 is 2.16 bits per heavy atom. The number of rotatable bonds is 13. The van der Waals surface area contributed by atoms with Gasteiger partial charge in [0.1, 0.15) is 11.5 Å². The van der Waals surface area contributed by atoms with Gasteiger partial charge in [0.05, 0.1) is 10.5 Å². The Kier molecular flexibility index (Phi) is 11.4. The van der Waals surface area contributed by atoms with E-state index >= 15 is 0 Å². The van der Waals surface area contributed by atoms with Crippen molar-refractivity contribution in [1.29, 1.82) is 0 Å². The molecule has 0 heterocycles. The predicted octanol–water partition coefficient (Wildman–Crippen LogP) is 6.11. The number of aromatic hydroxyl groups is 2. The van der Waals surface area contributed by atoms with E-state index < -0.39 is 0 Å². The van der Waals surface area contributed by atoms with Gasteiger partial charge in [-0.1, -0.05) is 87.1 Å². The number of halogens is 1. The van der Waals surface area contributed by atoms with Crippen LogP contribution < -0.4 is 5.32 Å². The van der Waals surface area contributed by atoms with E-state index in [1.807, 2.05) is 0 Å². The molecule has 1 rings (SSSR count). The molecule has 0 fully saturated rings. The minimum Gasteiger partial charge on any atom is -0.508 e. The first-order chi connectivity index (χ1) is 12.0. The van der Waals surface area contributed by atoms with Gasteiger partial charge in [0, 0.05) is 6.07 Å². The zero-order valence-corrected chi connectivity index (χ0v) is 16.9. The Bertz CT molecular complexity index is 508. The molecule has 25 heavy (non-hydrogen) atoms. The molecule has 0 aliphatic rings. The van der Waals surface area contributed by atoms with E-state index in [9.17, 15) is 15.0 Å². The van der Waals surface area contributed by atoms with E-state index in [0.717, 1.165) is 19.3 Å². The number of carbonyl (C=O) groups excluding carboxylic acids is 1. The third-order valence-corrected chi connectivity index (χ3v) is 5.21. The molecule has 3 N–H and O–H groups in total. The number of carbonyl (C=O) groups is 1. The van der Waals surface area contributed by atoms with Crippen LogP contribution in [0.3, 0.4) is 0 Å². The number of anilines is 1. The first kappa shape index (κ1) is 21.8. The highest BCUT2D eigenvalue weighted by Crippen LogP contribution is 2.28. The molecule has 0 spiro atoms. The molecule has 4 nitrogen and oxygen atoms in total. The van der Waals surface area contributed by atoms with Crippen molar-refractivity contribution in [2.45, 2.75) is 82.4 Å². The Morgan fingerprint density at radius 1 is 1.00 bits per heavy atom. The summed E-state index contributed by atoms with van der Waals surface area (Å²) in [5.74, 6) is -0.240. The standard InChI is InChI=1S/C20H32BrNO3/c1-2-3-4-5-6-7-8-9-10-11-12-17(21)20(25)22-18-15-16(23)13-14-19(18)24/h13-15,17,23-24H,2-12H2,1H3,(H,22,25). The van der Waals surface area contributed by atoms with Crippen LogP contribution in [-0.4, -0.2) is 20.9 Å². The molecule has 0 radical (unpaired) electrons. The molecule has 0 saturated heterocycles. The number of unbranched alkanes of at least 4 members (excludes halogenated alkanes) is 9. The largest absolute Gasteiger partial charge is 0.508 e. The van der Waals surface area contributed by atoms with E-state index in [2.05, 4.69) is 28.2 Å². The third-order valence-electron chi connectivity index (χ3n) is 4.33. The molecule has 5 heteroatoms. The summed E-state index contributed by atoms with van der Waals surface area (Å²) in [4.78, 5) is 11.8. The average Bonchev–Trinajstić information content (AvgIpc) is 2.59. The summed E-state index contributed by atoms with van der Waals surface area (Å²) in [6.45, 7) is 2.24. The molecule has 0 bridgehead atoms. The highest BCUT2D eigenvalue weighted by Gasteiger charge is 2.16. The highest BCUT2D eigenvalue weighted by atomic mass is 79.9. The number of hydrogen-bond donors (Lipinski definition) is 3. The second-order valence-corrected chi connectivity index (χ2v) is 7.73. The second kappa shape index (κ2) is 13.0. The average molecular weight is 414 g/mol. The number of hydrogen-bond acceptors (Lipinski definition) is 3. The maximum absolute atomic E-state index is 12.1. The van der Waals surface area contributed by atoms with Gasteiger partial charge < -0.3 is 15.5 Å². The van der Waals surface area contributed by atoms with Crippen LogP contribution in [0, 0.1) is 0 Å². The zero-order chi connectivity index (χ0) is 18.5. The molecule has 142 valence electrons. The Labute approximate surface area is 160 Å². The van der Waals surface area contributed by atoms with E-state index in [0.29, 0.717) is 0 Å². The molecule has 1 atom stereocenters. The lowest BCUT2D eigenvalue weighted by molar-refractivity contribution is -0.115. The molecular formula is C20H32BrNO3. The first-order valence-corrected chi connectivity index (χ1v) is 10.4. The van der Waals surface area contributed by atoms with Crippen molar-refractivity contribution in [1.82, 2.24) is 0 Å². The van der Waals surface area contributed by atoms with E-state index in [4.69, 9.17) is 0 Å². The monoisotopic (exact) mass is 413 g/mol. The third kappa shape index (κ3) is 9.73. The fourth-order valence-electron chi connectivity index (χ4n) is 2.78. The van der Waals surface area contributed by atoms with Crippen LogP contribution in [0.2, 0.25) is 0 Å². The lowest BCUT2D eigenvalue weighted by Crippen LogP contribution is -2.22. The van der Waals surface area contributed by atoms with Gasteiger partial charge in [-0.25, -0.2) is 0 Å². The highest BCUT2D eigenvalue weighted by molar-refractivity contribution is 9.10. The van der Waals surface area contributed by atoms with Crippen molar-refractivity contribution in [3.63, 3.8) is 0 Å². The van der Waals surface area contributed by atoms with Crippen LogP contribution in [0.4, 0.5) is 5.69 Å². The molecule has 0 aliphatic heterocycles. The fourth-order valence-corrected chi connectivity index (χ4v) is 3.22. The lowest BCUT2D eigenvalue weighted by atomic mass is 10.1. The number of phenolic OH excluding ortho intramolecular Hbond substituents is 2. The number of amides is 1. The van der Waals surface area contributed by atoms with E-state index in [-0.39, 0.29) is 27.9 Å². The van der Waals surface area contributed by atoms with Crippen molar-refractivity contribution in [3.8, 4) is 11.5 Å². The zero-order valence-electron chi connectivity index (χ0n) is 15.3. The summed E-state index contributed by atoms with van der Waals surface area (Å²) < 4.78 is 0. The van der Waals surface area contributed by atoms with Crippen molar-refractivity contribution in [2.24, 2.45) is 0 Å².